The van der Waals surface area contributed by atoms with Gasteiger partial charge in [-0.1, -0.05) is 11.8 Å². The Morgan fingerprint density at radius 3 is 3.33 bits per heavy atom. The zero-order valence-corrected chi connectivity index (χ0v) is 12.5. The van der Waals surface area contributed by atoms with Gasteiger partial charge in [-0.15, -0.1) is 0 Å². The predicted molar refractivity (Wildman–Crippen MR) is 81.6 cm³/mol. The van der Waals surface area contributed by atoms with Crippen LogP contribution in [0.4, 0.5) is 0 Å². The van der Waals surface area contributed by atoms with Gasteiger partial charge >= 0.3 is 0 Å². The van der Waals surface area contributed by atoms with Gasteiger partial charge in [-0.3, -0.25) is 9.79 Å². The number of imidazole rings is 1. The summed E-state index contributed by atoms with van der Waals surface area (Å²) >= 11 is 1.64. The minimum absolute atomic E-state index is 0.189. The minimum atomic E-state index is 0.189. The summed E-state index contributed by atoms with van der Waals surface area (Å²) in [5.41, 5.74) is 3.27. The van der Waals surface area contributed by atoms with Gasteiger partial charge in [-0.05, 0) is 11.8 Å². The quantitative estimate of drug-likeness (QED) is 0.895. The van der Waals surface area contributed by atoms with Crippen molar-refractivity contribution in [2.75, 3.05) is 19.6 Å². The van der Waals surface area contributed by atoms with E-state index in [1.807, 2.05) is 4.90 Å². The summed E-state index contributed by atoms with van der Waals surface area (Å²) < 4.78 is 0. The molecule has 0 aliphatic carbocycles. The fourth-order valence-corrected chi connectivity index (χ4v) is 3.92. The van der Waals surface area contributed by atoms with Crippen LogP contribution < -0.4 is 0 Å². The Labute approximate surface area is 127 Å². The lowest BCUT2D eigenvalue weighted by Gasteiger charge is -2.29. The topological polar surface area (TPSA) is 64.6 Å². The van der Waals surface area contributed by atoms with Crippen molar-refractivity contribution in [2.45, 2.75) is 25.8 Å². The number of nitrogens with one attached hydrogen (secondary N) is 1. The summed E-state index contributed by atoms with van der Waals surface area (Å²) in [4.78, 5) is 28.6. The van der Waals surface area contributed by atoms with Gasteiger partial charge in [-0.2, -0.15) is 0 Å². The fourth-order valence-electron chi connectivity index (χ4n) is 2.97. The van der Waals surface area contributed by atoms with Crippen molar-refractivity contribution in [3.63, 3.8) is 0 Å². The van der Waals surface area contributed by atoms with Gasteiger partial charge in [-0.25, -0.2) is 4.98 Å². The molecule has 0 bridgehead atoms. The predicted octanol–water partition coefficient (Wildman–Crippen LogP) is 1.33. The van der Waals surface area contributed by atoms with Crippen LogP contribution in [0.3, 0.4) is 0 Å². The summed E-state index contributed by atoms with van der Waals surface area (Å²) in [7, 11) is 0. The van der Waals surface area contributed by atoms with Gasteiger partial charge in [0, 0.05) is 31.8 Å². The molecule has 0 saturated carbocycles. The lowest BCUT2D eigenvalue weighted by atomic mass is 10.1. The third-order valence-electron chi connectivity index (χ3n) is 4.12. The van der Waals surface area contributed by atoms with Crippen LogP contribution in [0.1, 0.15) is 24.2 Å². The van der Waals surface area contributed by atoms with E-state index in [4.69, 9.17) is 0 Å². The Morgan fingerprint density at radius 2 is 2.38 bits per heavy atom. The maximum Gasteiger partial charge on any atom is 0.228 e. The molecule has 0 aromatic carbocycles. The Hall–Kier alpha value is -1.76. The van der Waals surface area contributed by atoms with E-state index in [9.17, 15) is 4.79 Å². The molecule has 0 spiro atoms. The van der Waals surface area contributed by atoms with E-state index in [2.05, 4.69) is 25.3 Å². The number of thioether (sulfide) groups is 1. The largest absolute Gasteiger partial charge is 0.347 e. The molecule has 0 saturated heterocycles. The molecule has 4 rings (SSSR count). The fraction of sp³-hybridized carbons (Fsp3) is 0.500. The zero-order valence-electron chi connectivity index (χ0n) is 11.7. The number of aromatic amines is 1. The molecule has 1 aromatic heterocycles. The highest BCUT2D eigenvalue weighted by Crippen LogP contribution is 2.31. The number of amidine groups is 1. The average Bonchev–Trinajstić information content (AvgIpc) is 3.13. The van der Waals surface area contributed by atoms with Crippen LogP contribution in [-0.4, -0.2) is 50.5 Å². The lowest BCUT2D eigenvalue weighted by molar-refractivity contribution is -0.131. The van der Waals surface area contributed by atoms with E-state index in [-0.39, 0.29) is 5.91 Å². The summed E-state index contributed by atoms with van der Waals surface area (Å²) in [6.07, 6.45) is 4.09. The Balaban J connectivity index is 1.43. The van der Waals surface area contributed by atoms with E-state index >= 15 is 0 Å². The van der Waals surface area contributed by atoms with Crippen LogP contribution in [0.25, 0.3) is 0 Å². The molecule has 0 unspecified atom stereocenters. The molecule has 7 heteroatoms. The van der Waals surface area contributed by atoms with Crippen LogP contribution in [0, 0.1) is 0 Å². The van der Waals surface area contributed by atoms with Gasteiger partial charge < -0.3 is 14.8 Å². The molecule has 110 valence electrons. The molecule has 3 aliphatic heterocycles. The Bertz CT molecular complexity index is 635. The number of hydrogen-bond donors (Lipinski definition) is 1. The molecule has 0 fully saturated rings. The standard InChI is InChI=1S/C14H17N5OS/c20-13(18-5-2-11-12(7-18)17-9-16-11)6-10-8-21-14-15-3-1-4-19(10)14/h8-9H,1-7H2,(H,16,17). The number of amides is 1. The maximum atomic E-state index is 12.5. The molecule has 1 aromatic rings. The number of hydrogen-bond acceptors (Lipinski definition) is 5. The zero-order chi connectivity index (χ0) is 14.2. The second-order valence-electron chi connectivity index (χ2n) is 5.47. The van der Waals surface area contributed by atoms with Gasteiger partial charge in [0.25, 0.3) is 0 Å². The number of carbonyl (C=O) groups is 1. The molecule has 1 N–H and O–H groups in total. The van der Waals surface area contributed by atoms with Crippen LogP contribution in [-0.2, 0) is 17.8 Å². The van der Waals surface area contributed by atoms with Crippen molar-refractivity contribution < 1.29 is 4.79 Å². The number of carbonyl (C=O) groups excluding carboxylic acids is 1. The Kier molecular flexibility index (Phi) is 3.21. The summed E-state index contributed by atoms with van der Waals surface area (Å²) in [6, 6.07) is 0. The molecule has 1 amide bonds. The van der Waals surface area contributed by atoms with E-state index in [0.717, 1.165) is 54.7 Å². The van der Waals surface area contributed by atoms with E-state index in [0.29, 0.717) is 13.0 Å². The third kappa shape index (κ3) is 2.35. The summed E-state index contributed by atoms with van der Waals surface area (Å²) in [5.74, 6) is 0.189. The molecule has 4 heterocycles. The highest BCUT2D eigenvalue weighted by atomic mass is 32.2. The van der Waals surface area contributed by atoms with Crippen molar-refractivity contribution in [3.8, 4) is 0 Å². The molecular formula is C14H17N5OS. The molecule has 0 radical (unpaired) electrons. The summed E-state index contributed by atoms with van der Waals surface area (Å²) in [6.45, 7) is 3.30. The SMILES string of the molecule is O=C(CC1=CSC2=NCCCN12)N1CCc2nc[nH]c2C1. The highest BCUT2D eigenvalue weighted by molar-refractivity contribution is 8.16. The molecule has 0 atom stereocenters. The van der Waals surface area contributed by atoms with Crippen molar-refractivity contribution in [1.82, 2.24) is 19.8 Å². The van der Waals surface area contributed by atoms with Gasteiger partial charge in [0.2, 0.25) is 5.91 Å². The van der Waals surface area contributed by atoms with Crippen LogP contribution in [0.2, 0.25) is 0 Å². The molecular weight excluding hydrogens is 286 g/mol. The molecule has 3 aliphatic rings. The first-order chi connectivity index (χ1) is 10.3. The highest BCUT2D eigenvalue weighted by Gasteiger charge is 2.29. The first kappa shape index (κ1) is 12.9. The van der Waals surface area contributed by atoms with E-state index in [1.165, 1.54) is 0 Å². The normalized spacial score (nSPS) is 20.8. The smallest absolute Gasteiger partial charge is 0.228 e. The van der Waals surface area contributed by atoms with Crippen LogP contribution >= 0.6 is 11.8 Å². The molecule has 6 nitrogen and oxygen atoms in total. The molecule has 21 heavy (non-hydrogen) atoms. The van der Waals surface area contributed by atoms with Crippen molar-refractivity contribution in [1.29, 1.82) is 0 Å². The number of aliphatic imine (C=N–C) groups is 1. The monoisotopic (exact) mass is 303 g/mol. The van der Waals surface area contributed by atoms with Gasteiger partial charge in [0.15, 0.2) is 5.17 Å². The van der Waals surface area contributed by atoms with Crippen molar-refractivity contribution >= 4 is 22.8 Å². The number of fused-ring (bicyclic) bond motifs is 2. The second-order valence-corrected chi connectivity index (χ2v) is 6.30. The number of aromatic nitrogens is 2. The number of nitrogens with zero attached hydrogens (tertiary/aromatic N) is 4. The Morgan fingerprint density at radius 1 is 1.43 bits per heavy atom. The van der Waals surface area contributed by atoms with Crippen molar-refractivity contribution in [3.05, 3.63) is 28.8 Å². The van der Waals surface area contributed by atoms with Crippen molar-refractivity contribution in [2.24, 2.45) is 4.99 Å². The minimum Gasteiger partial charge on any atom is -0.347 e. The average molecular weight is 303 g/mol. The summed E-state index contributed by atoms with van der Waals surface area (Å²) in [5, 5.41) is 3.13. The maximum absolute atomic E-state index is 12.5. The lowest BCUT2D eigenvalue weighted by Crippen LogP contribution is -2.38. The first-order valence-electron chi connectivity index (χ1n) is 7.28. The van der Waals surface area contributed by atoms with E-state index in [1.54, 1.807) is 18.1 Å². The van der Waals surface area contributed by atoms with E-state index < -0.39 is 0 Å². The van der Waals surface area contributed by atoms with Gasteiger partial charge in [0.05, 0.1) is 30.7 Å². The third-order valence-corrected chi connectivity index (χ3v) is 5.08. The first-order valence-corrected chi connectivity index (χ1v) is 8.16. The number of rotatable bonds is 2. The van der Waals surface area contributed by atoms with Crippen LogP contribution in [0.15, 0.2) is 22.4 Å². The van der Waals surface area contributed by atoms with Crippen LogP contribution in [0.5, 0.6) is 0 Å². The second kappa shape index (κ2) is 5.22. The van der Waals surface area contributed by atoms with Gasteiger partial charge in [0.1, 0.15) is 0 Å². The number of H-pyrrole nitrogens is 1.